The highest BCUT2D eigenvalue weighted by Crippen LogP contribution is 2.36. The fraction of sp³-hybridized carbons (Fsp3) is 0.393. The Hall–Kier alpha value is -3.85. The summed E-state index contributed by atoms with van der Waals surface area (Å²) in [5, 5.41) is 6.79. The average molecular weight is 505 g/mol. The van der Waals surface area contributed by atoms with Gasteiger partial charge in [0.2, 0.25) is 0 Å². The van der Waals surface area contributed by atoms with Gasteiger partial charge in [-0.2, -0.15) is 0 Å². The van der Waals surface area contributed by atoms with Gasteiger partial charge in [0.15, 0.2) is 0 Å². The number of nitrogens with one attached hydrogen (secondary N) is 2. The minimum atomic E-state index is -0.630. The number of carbonyl (C=O) groups excluding carboxylic acids is 2. The Morgan fingerprint density at radius 1 is 1.05 bits per heavy atom. The second kappa shape index (κ2) is 10.3. The number of aromatic nitrogens is 1. The van der Waals surface area contributed by atoms with Crippen molar-refractivity contribution in [3.05, 3.63) is 59.8 Å². The Morgan fingerprint density at radius 3 is 2.62 bits per heavy atom. The third-order valence-electron chi connectivity index (χ3n) is 6.34. The first-order chi connectivity index (χ1) is 17.8. The van der Waals surface area contributed by atoms with Crippen molar-refractivity contribution in [3.8, 4) is 5.75 Å². The molecule has 5 rings (SSSR count). The molecule has 0 spiro atoms. The molecule has 2 aromatic carbocycles. The van der Waals surface area contributed by atoms with Gasteiger partial charge in [-0.25, -0.2) is 4.79 Å². The highest BCUT2D eigenvalue weighted by molar-refractivity contribution is 6.10. The summed E-state index contributed by atoms with van der Waals surface area (Å²) >= 11 is 0. The molecule has 1 atom stereocenters. The summed E-state index contributed by atoms with van der Waals surface area (Å²) < 4.78 is 16.8. The molecule has 2 aliphatic heterocycles. The quantitative estimate of drug-likeness (QED) is 0.532. The summed E-state index contributed by atoms with van der Waals surface area (Å²) in [5.74, 6) is 0.588. The van der Waals surface area contributed by atoms with Crippen molar-refractivity contribution in [3.63, 3.8) is 0 Å². The van der Waals surface area contributed by atoms with E-state index in [1.807, 2.05) is 57.2 Å². The standard InChI is InChI=1S/C28H32N4O5/c1-28(2,3)37-27(34)31-22-9-6-8-19-24(22)29-17-20(25(19)32-12-15-35-16-13-32)26(33)30-21-11-14-36-23-10-5-4-7-18(21)23/h4-10,17,21H,11-16H2,1-3H3,(H,30,33)(H,31,34). The Labute approximate surface area is 216 Å². The maximum absolute atomic E-state index is 13.7. The lowest BCUT2D eigenvalue weighted by Crippen LogP contribution is -2.39. The highest BCUT2D eigenvalue weighted by Gasteiger charge is 2.28. The lowest BCUT2D eigenvalue weighted by Gasteiger charge is -2.32. The number of pyridine rings is 1. The molecule has 0 radical (unpaired) electrons. The predicted octanol–water partition coefficient (Wildman–Crippen LogP) is 4.67. The van der Waals surface area contributed by atoms with Crippen molar-refractivity contribution in [1.29, 1.82) is 0 Å². The molecule has 194 valence electrons. The van der Waals surface area contributed by atoms with E-state index in [1.54, 1.807) is 12.3 Å². The number of fused-ring (bicyclic) bond motifs is 2. The second-order valence-corrected chi connectivity index (χ2v) is 10.1. The summed E-state index contributed by atoms with van der Waals surface area (Å²) in [4.78, 5) is 33.0. The van der Waals surface area contributed by atoms with E-state index in [4.69, 9.17) is 14.2 Å². The van der Waals surface area contributed by atoms with Crippen LogP contribution in [0.4, 0.5) is 16.2 Å². The zero-order chi connectivity index (χ0) is 26.0. The SMILES string of the molecule is CC(C)(C)OC(=O)Nc1cccc2c(N3CCOCC3)c(C(=O)NC3CCOc4ccccc43)cnc12. The van der Waals surface area contributed by atoms with Crippen LogP contribution < -0.4 is 20.3 Å². The molecular weight excluding hydrogens is 472 g/mol. The van der Waals surface area contributed by atoms with Crippen molar-refractivity contribution in [1.82, 2.24) is 10.3 Å². The van der Waals surface area contributed by atoms with Gasteiger partial charge in [0, 0.05) is 36.7 Å². The van der Waals surface area contributed by atoms with Crippen molar-refractivity contribution in [2.45, 2.75) is 38.8 Å². The van der Waals surface area contributed by atoms with Crippen LogP contribution in [0.5, 0.6) is 5.75 Å². The first-order valence-electron chi connectivity index (χ1n) is 12.6. The maximum Gasteiger partial charge on any atom is 0.412 e. The summed E-state index contributed by atoms with van der Waals surface area (Å²) in [6.07, 6.45) is 1.71. The largest absolute Gasteiger partial charge is 0.493 e. The van der Waals surface area contributed by atoms with Crippen LogP contribution >= 0.6 is 0 Å². The summed E-state index contributed by atoms with van der Waals surface area (Å²) in [6, 6.07) is 13.2. The minimum Gasteiger partial charge on any atom is -0.493 e. The van der Waals surface area contributed by atoms with Crippen LogP contribution in [-0.2, 0) is 9.47 Å². The highest BCUT2D eigenvalue weighted by atomic mass is 16.6. The molecule has 1 saturated heterocycles. The molecule has 2 amide bonds. The Balaban J connectivity index is 1.52. The van der Waals surface area contributed by atoms with E-state index in [1.165, 1.54) is 0 Å². The number of anilines is 2. The molecule has 0 bridgehead atoms. The van der Waals surface area contributed by atoms with Gasteiger partial charge in [-0.15, -0.1) is 0 Å². The molecule has 9 nitrogen and oxygen atoms in total. The summed E-state index contributed by atoms with van der Waals surface area (Å²) in [7, 11) is 0. The summed E-state index contributed by atoms with van der Waals surface area (Å²) in [5.41, 5.74) is 2.70. The van der Waals surface area contributed by atoms with E-state index in [-0.39, 0.29) is 11.9 Å². The number of carbonyl (C=O) groups is 2. The Morgan fingerprint density at radius 2 is 1.84 bits per heavy atom. The van der Waals surface area contributed by atoms with E-state index in [0.29, 0.717) is 56.1 Å². The third kappa shape index (κ3) is 5.46. The average Bonchev–Trinajstić information content (AvgIpc) is 2.88. The molecule has 2 N–H and O–H groups in total. The molecule has 3 aromatic rings. The van der Waals surface area contributed by atoms with Gasteiger partial charge in [-0.05, 0) is 32.9 Å². The zero-order valence-corrected chi connectivity index (χ0v) is 21.4. The van der Waals surface area contributed by atoms with Crippen LogP contribution in [0.15, 0.2) is 48.7 Å². The lowest BCUT2D eigenvalue weighted by molar-refractivity contribution is 0.0635. The van der Waals surface area contributed by atoms with E-state index in [9.17, 15) is 9.59 Å². The number of hydrogen-bond acceptors (Lipinski definition) is 7. The summed E-state index contributed by atoms with van der Waals surface area (Å²) in [6.45, 7) is 8.38. The fourth-order valence-electron chi connectivity index (χ4n) is 4.75. The van der Waals surface area contributed by atoms with Crippen molar-refractivity contribution < 1.29 is 23.8 Å². The van der Waals surface area contributed by atoms with E-state index in [2.05, 4.69) is 20.5 Å². The number of morpholine rings is 1. The van der Waals surface area contributed by atoms with Crippen molar-refractivity contribution >= 4 is 34.3 Å². The van der Waals surface area contributed by atoms with Crippen LogP contribution in [-0.4, -0.2) is 55.5 Å². The monoisotopic (exact) mass is 504 g/mol. The van der Waals surface area contributed by atoms with Crippen LogP contribution in [0, 0.1) is 0 Å². The number of amides is 2. The topological polar surface area (TPSA) is 102 Å². The molecule has 9 heteroatoms. The molecule has 3 heterocycles. The van der Waals surface area contributed by atoms with Crippen LogP contribution in [0.3, 0.4) is 0 Å². The minimum absolute atomic E-state index is 0.161. The second-order valence-electron chi connectivity index (χ2n) is 10.1. The number of nitrogens with zero attached hydrogens (tertiary/aromatic N) is 2. The number of hydrogen-bond donors (Lipinski definition) is 2. The number of rotatable bonds is 4. The molecule has 1 unspecified atom stereocenters. The predicted molar refractivity (Wildman–Crippen MR) is 141 cm³/mol. The smallest absolute Gasteiger partial charge is 0.412 e. The van der Waals surface area contributed by atoms with E-state index in [0.717, 1.165) is 22.4 Å². The molecule has 2 aliphatic rings. The molecule has 1 aromatic heterocycles. The first-order valence-corrected chi connectivity index (χ1v) is 12.6. The van der Waals surface area contributed by atoms with Gasteiger partial charge in [-0.3, -0.25) is 15.1 Å². The Bertz CT molecular complexity index is 1310. The molecule has 1 fully saturated rings. The Kier molecular flexibility index (Phi) is 6.88. The molecule has 0 saturated carbocycles. The first kappa shape index (κ1) is 24.8. The van der Waals surface area contributed by atoms with Gasteiger partial charge in [0.25, 0.3) is 5.91 Å². The van der Waals surface area contributed by atoms with Gasteiger partial charge >= 0.3 is 6.09 Å². The van der Waals surface area contributed by atoms with Crippen LogP contribution in [0.25, 0.3) is 10.9 Å². The van der Waals surface area contributed by atoms with Crippen molar-refractivity contribution in [2.75, 3.05) is 43.1 Å². The molecular formula is C28H32N4O5. The zero-order valence-electron chi connectivity index (χ0n) is 21.4. The fourth-order valence-corrected chi connectivity index (χ4v) is 4.75. The lowest BCUT2D eigenvalue weighted by atomic mass is 9.99. The van der Waals surface area contributed by atoms with E-state index >= 15 is 0 Å². The van der Waals surface area contributed by atoms with Gasteiger partial charge in [-0.1, -0.05) is 30.3 Å². The van der Waals surface area contributed by atoms with Gasteiger partial charge in [0.1, 0.15) is 11.4 Å². The maximum atomic E-state index is 13.7. The van der Waals surface area contributed by atoms with Gasteiger partial charge in [0.05, 0.1) is 48.3 Å². The van der Waals surface area contributed by atoms with E-state index < -0.39 is 11.7 Å². The number of para-hydroxylation sites is 2. The number of benzene rings is 2. The third-order valence-corrected chi connectivity index (χ3v) is 6.34. The van der Waals surface area contributed by atoms with Crippen LogP contribution in [0.2, 0.25) is 0 Å². The number of ether oxygens (including phenoxy) is 3. The normalized spacial score (nSPS) is 17.5. The molecule has 37 heavy (non-hydrogen) atoms. The van der Waals surface area contributed by atoms with Gasteiger partial charge < -0.3 is 24.4 Å². The molecule has 0 aliphatic carbocycles. The van der Waals surface area contributed by atoms with Crippen molar-refractivity contribution in [2.24, 2.45) is 0 Å². The van der Waals surface area contributed by atoms with Crippen LogP contribution in [0.1, 0.15) is 49.2 Å².